The Morgan fingerprint density at radius 1 is 0.571 bits per heavy atom. The first-order valence-corrected chi connectivity index (χ1v) is 6.03. The van der Waals surface area contributed by atoms with Crippen molar-refractivity contribution in [3.05, 3.63) is 0 Å². The molecular formula is C13H27F. The van der Waals surface area contributed by atoms with E-state index in [9.17, 15) is 4.39 Å². The summed E-state index contributed by atoms with van der Waals surface area (Å²) in [5, 5.41) is 0. The van der Waals surface area contributed by atoms with E-state index < -0.39 is 6.17 Å². The van der Waals surface area contributed by atoms with Gasteiger partial charge in [0.15, 0.2) is 0 Å². The van der Waals surface area contributed by atoms with Gasteiger partial charge in [0.1, 0.15) is 6.17 Å². The van der Waals surface area contributed by atoms with Crippen LogP contribution in [0.1, 0.15) is 78.1 Å². The van der Waals surface area contributed by atoms with Gasteiger partial charge in [0.2, 0.25) is 0 Å². The molecule has 0 radical (unpaired) electrons. The molecule has 0 spiro atoms. The van der Waals surface area contributed by atoms with Crippen molar-refractivity contribution in [1.29, 1.82) is 0 Å². The molecule has 0 N–H and O–H groups in total. The fourth-order valence-corrected chi connectivity index (χ4v) is 2.11. The summed E-state index contributed by atoms with van der Waals surface area (Å²) >= 11 is 0. The van der Waals surface area contributed by atoms with Gasteiger partial charge in [-0.25, -0.2) is 4.39 Å². The van der Waals surface area contributed by atoms with E-state index in [1.54, 1.807) is 0 Å². The number of rotatable bonds is 0. The number of alkyl halides is 1. The average molecular weight is 202 g/mol. The first-order valence-electron chi connectivity index (χ1n) is 6.03. The molecule has 0 aromatic heterocycles. The van der Waals surface area contributed by atoms with E-state index in [1.807, 2.05) is 0 Å². The predicted molar refractivity (Wildman–Crippen MR) is 62.4 cm³/mol. The summed E-state index contributed by atoms with van der Waals surface area (Å²) < 4.78 is 13.2. The molecule has 0 bridgehead atoms. The van der Waals surface area contributed by atoms with Crippen molar-refractivity contribution < 1.29 is 4.39 Å². The van der Waals surface area contributed by atoms with E-state index in [1.165, 1.54) is 44.9 Å². The Bertz CT molecular complexity index is 99.8. The predicted octanol–water partition coefficient (Wildman–Crippen LogP) is 5.27. The van der Waals surface area contributed by atoms with E-state index in [0.29, 0.717) is 0 Å². The van der Waals surface area contributed by atoms with Gasteiger partial charge in [-0.1, -0.05) is 65.2 Å². The molecule has 1 saturated carbocycles. The van der Waals surface area contributed by atoms with Crippen molar-refractivity contribution in [1.82, 2.24) is 0 Å². The Hall–Kier alpha value is -0.0700. The largest absolute Gasteiger partial charge is 0.247 e. The van der Waals surface area contributed by atoms with Gasteiger partial charge in [-0.3, -0.25) is 0 Å². The molecule has 1 aliphatic carbocycles. The van der Waals surface area contributed by atoms with Crippen LogP contribution in [-0.4, -0.2) is 6.17 Å². The van der Waals surface area contributed by atoms with Crippen molar-refractivity contribution in [2.24, 2.45) is 0 Å². The second kappa shape index (κ2) is 9.48. The Balaban J connectivity index is 0.00000169. The number of hydrogen-bond donors (Lipinski definition) is 0. The van der Waals surface area contributed by atoms with Crippen LogP contribution in [0, 0.1) is 0 Å². The molecule has 86 valence electrons. The fourth-order valence-electron chi connectivity index (χ4n) is 2.11. The maximum atomic E-state index is 13.2. The molecule has 0 amide bonds. The lowest BCUT2D eigenvalue weighted by molar-refractivity contribution is 0.277. The van der Waals surface area contributed by atoms with Gasteiger partial charge in [-0.2, -0.15) is 0 Å². The smallest absolute Gasteiger partial charge is 0.100 e. The van der Waals surface area contributed by atoms with Crippen LogP contribution >= 0.6 is 0 Å². The minimum Gasteiger partial charge on any atom is -0.247 e. The third-order valence-electron chi connectivity index (χ3n) is 3.03. The van der Waals surface area contributed by atoms with Crippen LogP contribution in [0.25, 0.3) is 0 Å². The van der Waals surface area contributed by atoms with Gasteiger partial charge in [0.05, 0.1) is 0 Å². The molecule has 1 fully saturated rings. The molecule has 0 atom stereocenters. The lowest BCUT2D eigenvalue weighted by Gasteiger charge is -2.09. The average Bonchev–Trinajstić information content (AvgIpc) is 2.11. The maximum Gasteiger partial charge on any atom is 0.100 e. The Morgan fingerprint density at radius 2 is 0.857 bits per heavy atom. The molecule has 14 heavy (non-hydrogen) atoms. The van der Waals surface area contributed by atoms with Gasteiger partial charge in [0.25, 0.3) is 0 Å². The zero-order valence-corrected chi connectivity index (χ0v) is 8.73. The third-order valence-corrected chi connectivity index (χ3v) is 3.03. The summed E-state index contributed by atoms with van der Waals surface area (Å²) in [6, 6.07) is 0. The Labute approximate surface area is 89.3 Å². The summed E-state index contributed by atoms with van der Waals surface area (Å²) in [6.45, 7) is 0. The van der Waals surface area contributed by atoms with Gasteiger partial charge < -0.3 is 0 Å². The van der Waals surface area contributed by atoms with Gasteiger partial charge in [-0.15, -0.1) is 0 Å². The lowest BCUT2D eigenvalue weighted by Crippen LogP contribution is -2.00. The zero-order valence-electron chi connectivity index (χ0n) is 8.73. The van der Waals surface area contributed by atoms with Crippen molar-refractivity contribution in [3.8, 4) is 0 Å². The van der Waals surface area contributed by atoms with E-state index in [-0.39, 0.29) is 7.43 Å². The highest BCUT2D eigenvalue weighted by Crippen LogP contribution is 2.18. The Kier molecular flexibility index (Phi) is 9.44. The number of hydrogen-bond acceptors (Lipinski definition) is 0. The number of halogens is 1. The van der Waals surface area contributed by atoms with Crippen LogP contribution in [-0.2, 0) is 0 Å². The molecule has 0 unspecified atom stereocenters. The van der Waals surface area contributed by atoms with Crippen LogP contribution < -0.4 is 0 Å². The summed E-state index contributed by atoms with van der Waals surface area (Å²) in [5.74, 6) is 0. The maximum absolute atomic E-state index is 13.2. The summed E-state index contributed by atoms with van der Waals surface area (Å²) in [4.78, 5) is 0. The molecule has 0 heterocycles. The normalized spacial score (nSPS) is 22.9. The summed E-state index contributed by atoms with van der Waals surface area (Å²) in [6.07, 6.45) is 12.7. The lowest BCUT2D eigenvalue weighted by atomic mass is 10.0. The first-order chi connectivity index (χ1) is 6.39. The molecule has 0 saturated heterocycles. The highest BCUT2D eigenvalue weighted by atomic mass is 19.1. The minimum atomic E-state index is -0.501. The fraction of sp³-hybridized carbons (Fsp3) is 1.00. The topological polar surface area (TPSA) is 0 Å². The quantitative estimate of drug-likeness (QED) is 0.502. The Morgan fingerprint density at radius 3 is 1.21 bits per heavy atom. The molecule has 0 aliphatic heterocycles. The molecular weight excluding hydrogens is 175 g/mol. The van der Waals surface area contributed by atoms with Crippen LogP contribution in [0.2, 0.25) is 0 Å². The second-order valence-electron chi connectivity index (χ2n) is 4.36. The second-order valence-corrected chi connectivity index (χ2v) is 4.36. The highest BCUT2D eigenvalue weighted by molar-refractivity contribution is 4.59. The van der Waals surface area contributed by atoms with Crippen LogP contribution in [0.15, 0.2) is 0 Å². The van der Waals surface area contributed by atoms with E-state index in [0.717, 1.165) is 25.7 Å². The van der Waals surface area contributed by atoms with Gasteiger partial charge in [-0.05, 0) is 12.8 Å². The molecule has 1 heteroatoms. The molecule has 1 aliphatic rings. The third kappa shape index (κ3) is 7.34. The van der Waals surface area contributed by atoms with E-state index in [4.69, 9.17) is 0 Å². The molecule has 1 rings (SSSR count). The van der Waals surface area contributed by atoms with Crippen molar-refractivity contribution in [2.45, 2.75) is 84.2 Å². The highest BCUT2D eigenvalue weighted by Gasteiger charge is 2.06. The van der Waals surface area contributed by atoms with Gasteiger partial charge in [0, 0.05) is 0 Å². The summed E-state index contributed by atoms with van der Waals surface area (Å²) in [5.41, 5.74) is 0. The zero-order chi connectivity index (χ0) is 9.36. The minimum absolute atomic E-state index is 0. The van der Waals surface area contributed by atoms with Crippen molar-refractivity contribution in [2.75, 3.05) is 0 Å². The monoisotopic (exact) mass is 202 g/mol. The van der Waals surface area contributed by atoms with Crippen LogP contribution in [0.3, 0.4) is 0 Å². The SMILES string of the molecule is C.FC1CCCCCCCCCCC1. The summed E-state index contributed by atoms with van der Waals surface area (Å²) in [7, 11) is 0. The standard InChI is InChI=1S/C12H23F.CH4/c13-12-10-8-6-4-2-1-3-5-7-9-11-12;/h12H,1-11H2;1H4. The molecule has 0 nitrogen and oxygen atoms in total. The van der Waals surface area contributed by atoms with Crippen molar-refractivity contribution in [3.63, 3.8) is 0 Å². The van der Waals surface area contributed by atoms with E-state index >= 15 is 0 Å². The van der Waals surface area contributed by atoms with Gasteiger partial charge >= 0.3 is 0 Å². The first kappa shape index (κ1) is 13.9. The van der Waals surface area contributed by atoms with E-state index in [2.05, 4.69) is 0 Å². The molecule has 0 aromatic carbocycles. The van der Waals surface area contributed by atoms with Crippen LogP contribution in [0.5, 0.6) is 0 Å². The van der Waals surface area contributed by atoms with Crippen LogP contribution in [0.4, 0.5) is 4.39 Å². The molecule has 0 aromatic rings. The van der Waals surface area contributed by atoms with Crippen molar-refractivity contribution >= 4 is 0 Å².